The highest BCUT2D eigenvalue weighted by molar-refractivity contribution is 5.94. The number of halogens is 2. The lowest BCUT2D eigenvalue weighted by molar-refractivity contribution is 0.101. The minimum absolute atomic E-state index is 0. The van der Waals surface area contributed by atoms with Crippen LogP contribution < -0.4 is 9.47 Å². The quantitative estimate of drug-likeness (QED) is 0.353. The lowest BCUT2D eigenvalue weighted by atomic mass is 10.1. The molecule has 3 aromatic rings. The summed E-state index contributed by atoms with van der Waals surface area (Å²) in [6.07, 6.45) is 2.22. The van der Waals surface area contributed by atoms with Crippen LogP contribution >= 0.6 is 12.4 Å². The molecule has 0 atom stereocenters. The Labute approximate surface area is 198 Å². The Bertz CT molecular complexity index is 897. The van der Waals surface area contributed by atoms with E-state index in [0.717, 1.165) is 12.0 Å². The van der Waals surface area contributed by atoms with Crippen LogP contribution in [0.3, 0.4) is 0 Å². The second-order valence-corrected chi connectivity index (χ2v) is 6.88. The molecule has 0 aromatic heterocycles. The molecule has 0 fully saturated rings. The van der Waals surface area contributed by atoms with Crippen molar-refractivity contribution in [3.63, 3.8) is 0 Å². The van der Waals surface area contributed by atoms with Crippen LogP contribution in [0.25, 0.3) is 0 Å². The third-order valence-corrected chi connectivity index (χ3v) is 4.13. The Kier molecular flexibility index (Phi) is 15.3. The van der Waals surface area contributed by atoms with Crippen LogP contribution in [0.4, 0.5) is 4.39 Å². The van der Waals surface area contributed by atoms with Crippen molar-refractivity contribution in [2.24, 2.45) is 0 Å². The molecule has 0 amide bonds. The van der Waals surface area contributed by atoms with E-state index in [1.54, 1.807) is 37.4 Å². The lowest BCUT2D eigenvalue weighted by Gasteiger charge is -2.11. The van der Waals surface area contributed by atoms with Crippen molar-refractivity contribution in [3.05, 3.63) is 95.3 Å². The normalized spacial score (nSPS) is 9.19. The smallest absolute Gasteiger partial charge is 0.161 e. The van der Waals surface area contributed by atoms with Gasteiger partial charge >= 0.3 is 0 Å². The fraction of sp³-hybridized carbons (Fsp3) is 0.296. The highest BCUT2D eigenvalue weighted by Gasteiger charge is 2.08. The fourth-order valence-corrected chi connectivity index (χ4v) is 2.46. The molecule has 174 valence electrons. The summed E-state index contributed by atoms with van der Waals surface area (Å²) in [5.74, 6) is 1.06. The molecule has 32 heavy (non-hydrogen) atoms. The number of Topliss-reactive ketones (excluding diaryl/α,β-unsaturated/α-hetero) is 1. The second kappa shape index (κ2) is 16.8. The fourth-order valence-electron chi connectivity index (χ4n) is 2.46. The molecule has 0 heterocycles. The van der Waals surface area contributed by atoms with E-state index in [9.17, 15) is 9.18 Å². The van der Waals surface area contributed by atoms with Gasteiger partial charge < -0.3 is 9.47 Å². The zero-order chi connectivity index (χ0) is 23.1. The van der Waals surface area contributed by atoms with E-state index >= 15 is 0 Å². The molecule has 0 radical (unpaired) electrons. The number of ketones is 1. The molecule has 0 saturated carbocycles. The summed E-state index contributed by atoms with van der Waals surface area (Å²) in [5, 5.41) is 0. The highest BCUT2D eigenvalue weighted by Crippen LogP contribution is 2.29. The van der Waals surface area contributed by atoms with E-state index in [1.165, 1.54) is 31.0 Å². The number of ether oxygens (including phenoxy) is 2. The minimum atomic E-state index is -0.160. The Hall–Kier alpha value is -2.85. The first-order valence-electron chi connectivity index (χ1n) is 10.5. The van der Waals surface area contributed by atoms with Crippen LogP contribution in [0.15, 0.2) is 72.8 Å². The van der Waals surface area contributed by atoms with Crippen molar-refractivity contribution < 1.29 is 18.7 Å². The van der Waals surface area contributed by atoms with E-state index in [0.29, 0.717) is 23.7 Å². The zero-order valence-electron chi connectivity index (χ0n) is 19.6. The lowest BCUT2D eigenvalue weighted by Crippen LogP contribution is -1.99. The van der Waals surface area contributed by atoms with Crippen molar-refractivity contribution in [2.75, 3.05) is 7.11 Å². The van der Waals surface area contributed by atoms with Gasteiger partial charge in [0, 0.05) is 5.56 Å². The Balaban J connectivity index is 0.000000620. The van der Waals surface area contributed by atoms with Gasteiger partial charge in [-0.3, -0.25) is 4.79 Å². The Morgan fingerprint density at radius 1 is 0.844 bits per heavy atom. The Morgan fingerprint density at radius 3 is 1.94 bits per heavy atom. The van der Waals surface area contributed by atoms with Crippen molar-refractivity contribution in [2.45, 2.75) is 47.1 Å². The van der Waals surface area contributed by atoms with Gasteiger partial charge in [-0.25, -0.2) is 4.39 Å². The molecule has 3 aromatic carbocycles. The third kappa shape index (κ3) is 11.0. The molecule has 0 unspecified atom stereocenters. The number of benzene rings is 3. The van der Waals surface area contributed by atoms with Crippen LogP contribution in [0.5, 0.6) is 11.5 Å². The van der Waals surface area contributed by atoms with Gasteiger partial charge in [-0.05, 0) is 54.8 Å². The maximum absolute atomic E-state index is 12.2. The van der Waals surface area contributed by atoms with Crippen LogP contribution in [0, 0.1) is 5.82 Å². The first-order valence-corrected chi connectivity index (χ1v) is 10.5. The monoisotopic (exact) mass is 460 g/mol. The molecule has 0 aliphatic heterocycles. The summed E-state index contributed by atoms with van der Waals surface area (Å²) in [6, 6.07) is 21.7. The number of carbonyl (C=O) groups is 1. The molecule has 0 saturated heterocycles. The standard InChI is InChI=1S/C16H16O3.C8H9F.C3H8.ClH/c1-12(17)14-8-9-15(16(10-14)18-2)19-11-13-6-4-3-5-7-13;1-2-7-3-5-8(9)6-4-7;1-3-2;/h3-10H,11H2,1-2H3;3-6H,2H2,1H3;3H2,1-2H3;1H. The first kappa shape index (κ1) is 29.1. The molecular weight excluding hydrogens is 427 g/mol. The van der Waals surface area contributed by atoms with E-state index in [1.807, 2.05) is 37.3 Å². The van der Waals surface area contributed by atoms with Gasteiger partial charge in [0.05, 0.1) is 7.11 Å². The second-order valence-electron chi connectivity index (χ2n) is 6.88. The summed E-state index contributed by atoms with van der Waals surface area (Å²) < 4.78 is 23.2. The molecule has 0 spiro atoms. The van der Waals surface area contributed by atoms with Crippen molar-refractivity contribution in [1.29, 1.82) is 0 Å². The van der Waals surface area contributed by atoms with Gasteiger partial charge in [0.15, 0.2) is 17.3 Å². The minimum Gasteiger partial charge on any atom is -0.493 e. The summed E-state index contributed by atoms with van der Waals surface area (Å²) in [6.45, 7) is 8.29. The van der Waals surface area contributed by atoms with Gasteiger partial charge in [0.1, 0.15) is 12.4 Å². The largest absolute Gasteiger partial charge is 0.493 e. The van der Waals surface area contributed by atoms with E-state index < -0.39 is 0 Å². The molecule has 3 nitrogen and oxygen atoms in total. The third-order valence-electron chi connectivity index (χ3n) is 4.13. The molecule has 5 heteroatoms. The number of hydrogen-bond donors (Lipinski definition) is 0. The molecular formula is C27H34ClFO3. The van der Waals surface area contributed by atoms with E-state index in [-0.39, 0.29) is 24.0 Å². The molecule has 0 aliphatic carbocycles. The average Bonchev–Trinajstić information content (AvgIpc) is 2.79. The van der Waals surface area contributed by atoms with Gasteiger partial charge in [-0.2, -0.15) is 0 Å². The molecule has 3 rings (SSSR count). The van der Waals surface area contributed by atoms with Crippen LogP contribution in [0.1, 0.15) is 55.6 Å². The summed E-state index contributed by atoms with van der Waals surface area (Å²) in [4.78, 5) is 11.3. The van der Waals surface area contributed by atoms with Gasteiger partial charge in [0.25, 0.3) is 0 Å². The maximum atomic E-state index is 12.2. The van der Waals surface area contributed by atoms with Gasteiger partial charge in [-0.15, -0.1) is 12.4 Å². The number of aryl methyl sites for hydroxylation is 1. The molecule has 0 N–H and O–H groups in total. The van der Waals surface area contributed by atoms with Crippen LogP contribution in [-0.2, 0) is 13.0 Å². The van der Waals surface area contributed by atoms with Crippen molar-refractivity contribution in [1.82, 2.24) is 0 Å². The summed E-state index contributed by atoms with van der Waals surface area (Å²) in [5.41, 5.74) is 2.88. The predicted molar refractivity (Wildman–Crippen MR) is 133 cm³/mol. The highest BCUT2D eigenvalue weighted by atomic mass is 35.5. The maximum Gasteiger partial charge on any atom is 0.161 e. The number of rotatable bonds is 6. The summed E-state index contributed by atoms with van der Waals surface area (Å²) in [7, 11) is 1.56. The SMILES string of the molecule is CCC.CCc1ccc(F)cc1.COc1cc(C(C)=O)ccc1OCc1ccccc1.Cl. The number of methoxy groups -OCH3 is 1. The number of hydrogen-bond acceptors (Lipinski definition) is 3. The predicted octanol–water partition coefficient (Wildman–Crippen LogP) is 7.70. The van der Waals surface area contributed by atoms with Gasteiger partial charge in [0.2, 0.25) is 0 Å². The Morgan fingerprint density at radius 2 is 1.44 bits per heavy atom. The molecule has 0 bridgehead atoms. The zero-order valence-corrected chi connectivity index (χ0v) is 20.4. The number of carbonyl (C=O) groups excluding carboxylic acids is 1. The van der Waals surface area contributed by atoms with Crippen LogP contribution in [0.2, 0.25) is 0 Å². The summed E-state index contributed by atoms with van der Waals surface area (Å²) >= 11 is 0. The average molecular weight is 461 g/mol. The van der Waals surface area contributed by atoms with E-state index in [2.05, 4.69) is 13.8 Å². The first-order chi connectivity index (χ1) is 14.9. The van der Waals surface area contributed by atoms with Crippen LogP contribution in [-0.4, -0.2) is 12.9 Å². The van der Waals surface area contributed by atoms with Crippen molar-refractivity contribution >= 4 is 18.2 Å². The van der Waals surface area contributed by atoms with Crippen molar-refractivity contribution in [3.8, 4) is 11.5 Å². The van der Waals surface area contributed by atoms with E-state index in [4.69, 9.17) is 9.47 Å². The molecule has 0 aliphatic rings. The topological polar surface area (TPSA) is 35.5 Å². The van der Waals surface area contributed by atoms with Gasteiger partial charge in [-0.1, -0.05) is 69.7 Å².